The van der Waals surface area contributed by atoms with E-state index < -0.39 is 0 Å². The zero-order valence-electron chi connectivity index (χ0n) is 11.5. The van der Waals surface area contributed by atoms with Crippen LogP contribution in [0.15, 0.2) is 18.2 Å². The molecule has 1 aromatic rings. The summed E-state index contributed by atoms with van der Waals surface area (Å²) in [5.41, 5.74) is 3.01. The molecule has 0 saturated carbocycles. The van der Waals surface area contributed by atoms with Crippen LogP contribution >= 0.6 is 0 Å². The van der Waals surface area contributed by atoms with Gasteiger partial charge in [-0.3, -0.25) is 0 Å². The highest BCUT2D eigenvalue weighted by Crippen LogP contribution is 2.34. The van der Waals surface area contributed by atoms with Gasteiger partial charge in [-0.15, -0.1) is 0 Å². The van der Waals surface area contributed by atoms with E-state index >= 15 is 0 Å². The zero-order chi connectivity index (χ0) is 12.7. The first-order chi connectivity index (χ1) is 9.38. The normalized spacial score (nSPS) is 32.9. The molecule has 102 valence electrons. The van der Waals surface area contributed by atoms with Crippen molar-refractivity contribution in [3.05, 3.63) is 29.3 Å². The number of nitrogens with one attached hydrogen (secondary N) is 1. The highest BCUT2D eigenvalue weighted by atomic mass is 16.5. The average molecular weight is 257 g/mol. The molecule has 2 atom stereocenters. The molecule has 2 saturated heterocycles. The van der Waals surface area contributed by atoms with Gasteiger partial charge in [0.1, 0.15) is 11.9 Å². The van der Waals surface area contributed by atoms with Gasteiger partial charge < -0.3 is 10.1 Å². The standard InChI is InChI=1S/C17H23NO/c1-4-12-5-2-9-17(16(12)8-1)19-15-10-13-6-3-7-14(11-15)18-13/h2,5,9,13-15,18H,1,3-4,6-8,10-11H2. The van der Waals surface area contributed by atoms with Crippen LogP contribution < -0.4 is 10.1 Å². The predicted octanol–water partition coefficient (Wildman–Crippen LogP) is 3.23. The molecule has 0 amide bonds. The Morgan fingerprint density at radius 3 is 2.68 bits per heavy atom. The second-order valence-electron chi connectivity index (χ2n) is 6.45. The van der Waals surface area contributed by atoms with Gasteiger partial charge in [0.05, 0.1) is 0 Å². The number of hydrogen-bond donors (Lipinski definition) is 1. The highest BCUT2D eigenvalue weighted by molar-refractivity contribution is 5.43. The summed E-state index contributed by atoms with van der Waals surface area (Å²) in [5, 5.41) is 3.74. The molecule has 1 aromatic carbocycles. The van der Waals surface area contributed by atoms with Crippen LogP contribution in [0.5, 0.6) is 5.75 Å². The van der Waals surface area contributed by atoms with Crippen LogP contribution in [-0.4, -0.2) is 18.2 Å². The number of benzene rings is 1. The maximum atomic E-state index is 6.39. The molecular formula is C17H23NO. The van der Waals surface area contributed by atoms with Crippen LogP contribution in [0.4, 0.5) is 0 Å². The Balaban J connectivity index is 1.51. The first-order valence-electron chi connectivity index (χ1n) is 7.92. The van der Waals surface area contributed by atoms with E-state index in [1.807, 2.05) is 0 Å². The van der Waals surface area contributed by atoms with Crippen LogP contribution in [0.3, 0.4) is 0 Å². The minimum atomic E-state index is 0.434. The maximum Gasteiger partial charge on any atom is 0.123 e. The summed E-state index contributed by atoms with van der Waals surface area (Å²) in [6.45, 7) is 0. The molecule has 2 heterocycles. The van der Waals surface area contributed by atoms with Crippen molar-refractivity contribution in [2.24, 2.45) is 0 Å². The molecule has 3 aliphatic rings. The number of hydrogen-bond acceptors (Lipinski definition) is 2. The van der Waals surface area contributed by atoms with Gasteiger partial charge in [0.2, 0.25) is 0 Å². The van der Waals surface area contributed by atoms with E-state index in [1.165, 1.54) is 68.2 Å². The molecule has 2 fully saturated rings. The van der Waals surface area contributed by atoms with E-state index in [1.54, 1.807) is 0 Å². The summed E-state index contributed by atoms with van der Waals surface area (Å²) in [7, 11) is 0. The minimum Gasteiger partial charge on any atom is -0.490 e. The molecule has 4 rings (SSSR count). The Kier molecular flexibility index (Phi) is 2.99. The Labute approximate surface area is 115 Å². The third kappa shape index (κ3) is 2.27. The van der Waals surface area contributed by atoms with Gasteiger partial charge in [-0.25, -0.2) is 0 Å². The highest BCUT2D eigenvalue weighted by Gasteiger charge is 2.32. The molecule has 0 aromatic heterocycles. The topological polar surface area (TPSA) is 21.3 Å². The van der Waals surface area contributed by atoms with E-state index in [4.69, 9.17) is 4.74 Å². The van der Waals surface area contributed by atoms with Crippen molar-refractivity contribution in [2.45, 2.75) is 69.6 Å². The molecule has 0 radical (unpaired) electrons. The molecule has 2 bridgehead atoms. The Morgan fingerprint density at radius 1 is 1.00 bits per heavy atom. The van der Waals surface area contributed by atoms with Crippen LogP contribution in [0.2, 0.25) is 0 Å². The third-order valence-corrected chi connectivity index (χ3v) is 5.07. The van der Waals surface area contributed by atoms with Crippen LogP contribution in [-0.2, 0) is 12.8 Å². The predicted molar refractivity (Wildman–Crippen MR) is 76.7 cm³/mol. The third-order valence-electron chi connectivity index (χ3n) is 5.07. The average Bonchev–Trinajstić information content (AvgIpc) is 2.88. The fraction of sp³-hybridized carbons (Fsp3) is 0.647. The van der Waals surface area contributed by atoms with E-state index in [-0.39, 0.29) is 0 Å². The van der Waals surface area contributed by atoms with Crippen molar-refractivity contribution >= 4 is 0 Å². The van der Waals surface area contributed by atoms with Crippen LogP contribution in [0.1, 0.15) is 49.7 Å². The summed E-state index contributed by atoms with van der Waals surface area (Å²) in [6, 6.07) is 8.03. The molecule has 2 unspecified atom stereocenters. The number of piperidine rings is 2. The summed E-state index contributed by atoms with van der Waals surface area (Å²) >= 11 is 0. The summed E-state index contributed by atoms with van der Waals surface area (Å²) in [4.78, 5) is 0. The first-order valence-corrected chi connectivity index (χ1v) is 7.92. The minimum absolute atomic E-state index is 0.434. The zero-order valence-corrected chi connectivity index (χ0v) is 11.5. The summed E-state index contributed by atoms with van der Waals surface area (Å²) < 4.78 is 6.39. The number of ether oxygens (including phenoxy) is 1. The van der Waals surface area contributed by atoms with Crippen molar-refractivity contribution in [1.82, 2.24) is 5.32 Å². The molecule has 0 spiro atoms. The lowest BCUT2D eigenvalue weighted by molar-refractivity contribution is 0.0920. The molecular weight excluding hydrogens is 234 g/mol. The van der Waals surface area contributed by atoms with Gasteiger partial charge in [0, 0.05) is 12.1 Å². The van der Waals surface area contributed by atoms with E-state index in [9.17, 15) is 0 Å². The van der Waals surface area contributed by atoms with Crippen molar-refractivity contribution in [3.8, 4) is 5.75 Å². The fourth-order valence-electron chi connectivity index (χ4n) is 4.18. The molecule has 1 aliphatic carbocycles. The second kappa shape index (κ2) is 4.82. The van der Waals surface area contributed by atoms with Gasteiger partial charge in [0.15, 0.2) is 0 Å². The van der Waals surface area contributed by atoms with Crippen molar-refractivity contribution in [3.63, 3.8) is 0 Å². The van der Waals surface area contributed by atoms with Gasteiger partial charge in [-0.05, 0) is 62.1 Å². The number of fused-ring (bicyclic) bond motifs is 3. The lowest BCUT2D eigenvalue weighted by Crippen LogP contribution is -2.51. The quantitative estimate of drug-likeness (QED) is 0.878. The van der Waals surface area contributed by atoms with Gasteiger partial charge >= 0.3 is 0 Å². The lowest BCUT2D eigenvalue weighted by atomic mass is 9.85. The number of rotatable bonds is 2. The lowest BCUT2D eigenvalue weighted by Gasteiger charge is -2.40. The Morgan fingerprint density at radius 2 is 1.84 bits per heavy atom. The van der Waals surface area contributed by atoms with Crippen LogP contribution in [0.25, 0.3) is 0 Å². The van der Waals surface area contributed by atoms with Gasteiger partial charge in [0.25, 0.3) is 0 Å². The van der Waals surface area contributed by atoms with Gasteiger partial charge in [-0.1, -0.05) is 18.6 Å². The van der Waals surface area contributed by atoms with Crippen LogP contribution in [0, 0.1) is 0 Å². The van der Waals surface area contributed by atoms with Crippen molar-refractivity contribution < 1.29 is 4.74 Å². The van der Waals surface area contributed by atoms with E-state index in [2.05, 4.69) is 23.5 Å². The Bertz CT molecular complexity index is 458. The maximum absolute atomic E-state index is 6.39. The second-order valence-corrected chi connectivity index (χ2v) is 6.45. The SMILES string of the molecule is c1cc2c(c(OC3CC4CCCC(C3)N4)c1)CCC2. The smallest absolute Gasteiger partial charge is 0.123 e. The first kappa shape index (κ1) is 11.8. The number of aryl methyl sites for hydroxylation is 1. The Hall–Kier alpha value is -1.02. The molecule has 1 N–H and O–H groups in total. The van der Waals surface area contributed by atoms with E-state index in [0.717, 1.165) is 0 Å². The monoisotopic (exact) mass is 257 g/mol. The van der Waals surface area contributed by atoms with Crippen molar-refractivity contribution in [2.75, 3.05) is 0 Å². The molecule has 2 aliphatic heterocycles. The van der Waals surface area contributed by atoms with Crippen molar-refractivity contribution in [1.29, 1.82) is 0 Å². The summed E-state index contributed by atoms with van der Waals surface area (Å²) in [5.74, 6) is 1.18. The van der Waals surface area contributed by atoms with Gasteiger partial charge in [-0.2, -0.15) is 0 Å². The molecule has 19 heavy (non-hydrogen) atoms. The summed E-state index contributed by atoms with van der Waals surface area (Å²) in [6.07, 6.45) is 10.6. The van der Waals surface area contributed by atoms with E-state index in [0.29, 0.717) is 18.2 Å². The largest absolute Gasteiger partial charge is 0.490 e. The fourth-order valence-corrected chi connectivity index (χ4v) is 4.18. The molecule has 2 heteroatoms. The molecule has 2 nitrogen and oxygen atoms in total.